The molecule has 86 valence electrons. The Hall–Kier alpha value is -0.580. The lowest BCUT2D eigenvalue weighted by atomic mass is 10.2. The van der Waals surface area contributed by atoms with E-state index in [9.17, 15) is 0 Å². The lowest BCUT2D eigenvalue weighted by Crippen LogP contribution is -2.23. The van der Waals surface area contributed by atoms with Gasteiger partial charge in [-0.1, -0.05) is 12.1 Å². The molecule has 1 aromatic heterocycles. The van der Waals surface area contributed by atoms with E-state index in [1.807, 2.05) is 17.8 Å². The minimum absolute atomic E-state index is 0.244. The molecule has 0 aliphatic heterocycles. The van der Waals surface area contributed by atoms with Gasteiger partial charge in [0.15, 0.2) is 0 Å². The molecule has 0 spiro atoms. The standard InChI is InChI=1S/C12H16N2S2/c1-15-7-6-9(13)8-12-14-10-4-2-3-5-11(10)16-12/h2-5,9H,6-8,13H2,1H3. The molecule has 0 aliphatic carbocycles. The average Bonchev–Trinajstić information content (AvgIpc) is 2.68. The molecule has 2 rings (SSSR count). The third-order valence-corrected chi connectivity index (χ3v) is 4.17. The SMILES string of the molecule is CSCCC(N)Cc1nc2ccccc2s1. The summed E-state index contributed by atoms with van der Waals surface area (Å²) in [4.78, 5) is 4.59. The minimum Gasteiger partial charge on any atom is -0.327 e. The number of aromatic nitrogens is 1. The van der Waals surface area contributed by atoms with Crippen molar-refractivity contribution in [1.82, 2.24) is 4.98 Å². The van der Waals surface area contributed by atoms with Gasteiger partial charge in [0.25, 0.3) is 0 Å². The number of nitrogens with two attached hydrogens (primary N) is 1. The number of thiazole rings is 1. The maximum Gasteiger partial charge on any atom is 0.0954 e. The predicted octanol–water partition coefficient (Wildman–Crippen LogP) is 2.92. The molecule has 2 aromatic rings. The van der Waals surface area contributed by atoms with E-state index >= 15 is 0 Å². The fourth-order valence-electron chi connectivity index (χ4n) is 1.60. The van der Waals surface area contributed by atoms with Gasteiger partial charge in [0, 0.05) is 12.5 Å². The highest BCUT2D eigenvalue weighted by atomic mass is 32.2. The molecule has 0 saturated heterocycles. The Morgan fingerprint density at radius 1 is 1.44 bits per heavy atom. The third-order valence-electron chi connectivity index (χ3n) is 2.47. The van der Waals surface area contributed by atoms with Crippen molar-refractivity contribution in [3.05, 3.63) is 29.3 Å². The van der Waals surface area contributed by atoms with Crippen LogP contribution in [0, 0.1) is 0 Å². The Morgan fingerprint density at radius 2 is 2.25 bits per heavy atom. The van der Waals surface area contributed by atoms with Crippen molar-refractivity contribution in [2.24, 2.45) is 5.73 Å². The lowest BCUT2D eigenvalue weighted by Gasteiger charge is -2.07. The number of thioether (sulfide) groups is 1. The second-order valence-electron chi connectivity index (χ2n) is 3.82. The summed E-state index contributed by atoms with van der Waals surface area (Å²) in [6, 6.07) is 8.50. The van der Waals surface area contributed by atoms with Crippen molar-refractivity contribution in [2.75, 3.05) is 12.0 Å². The van der Waals surface area contributed by atoms with Gasteiger partial charge in [0.1, 0.15) is 0 Å². The van der Waals surface area contributed by atoms with Crippen molar-refractivity contribution in [1.29, 1.82) is 0 Å². The van der Waals surface area contributed by atoms with Crippen LogP contribution in [0.1, 0.15) is 11.4 Å². The molecule has 0 fully saturated rings. The second kappa shape index (κ2) is 5.66. The minimum atomic E-state index is 0.244. The topological polar surface area (TPSA) is 38.9 Å². The van der Waals surface area contributed by atoms with Crippen LogP contribution < -0.4 is 5.73 Å². The average molecular weight is 252 g/mol. The van der Waals surface area contributed by atoms with Crippen molar-refractivity contribution in [3.8, 4) is 0 Å². The fraction of sp³-hybridized carbons (Fsp3) is 0.417. The summed E-state index contributed by atoms with van der Waals surface area (Å²) in [6.07, 6.45) is 4.08. The molecule has 0 amide bonds. The molecule has 1 atom stereocenters. The molecule has 0 radical (unpaired) electrons. The summed E-state index contributed by atoms with van der Waals surface area (Å²) in [7, 11) is 0. The van der Waals surface area contributed by atoms with Gasteiger partial charge in [-0.2, -0.15) is 11.8 Å². The molecule has 4 heteroatoms. The number of hydrogen-bond donors (Lipinski definition) is 1. The Balaban J connectivity index is 2.03. The summed E-state index contributed by atoms with van der Waals surface area (Å²) < 4.78 is 1.26. The van der Waals surface area contributed by atoms with E-state index in [0.717, 1.165) is 29.1 Å². The molecule has 0 bridgehead atoms. The largest absolute Gasteiger partial charge is 0.327 e. The van der Waals surface area contributed by atoms with E-state index in [0.29, 0.717) is 0 Å². The second-order valence-corrected chi connectivity index (χ2v) is 5.92. The molecule has 16 heavy (non-hydrogen) atoms. The lowest BCUT2D eigenvalue weighted by molar-refractivity contribution is 0.650. The number of nitrogens with zero attached hydrogens (tertiary/aromatic N) is 1. The highest BCUT2D eigenvalue weighted by Gasteiger charge is 2.08. The van der Waals surface area contributed by atoms with Crippen LogP contribution >= 0.6 is 23.1 Å². The van der Waals surface area contributed by atoms with Gasteiger partial charge in [-0.05, 0) is 30.6 Å². The molecular formula is C12H16N2S2. The maximum absolute atomic E-state index is 6.07. The first-order chi connectivity index (χ1) is 7.79. The van der Waals surface area contributed by atoms with Gasteiger partial charge in [-0.25, -0.2) is 4.98 Å². The summed E-state index contributed by atoms with van der Waals surface area (Å²) in [6.45, 7) is 0. The number of rotatable bonds is 5. The van der Waals surface area contributed by atoms with E-state index in [4.69, 9.17) is 5.73 Å². The highest BCUT2D eigenvalue weighted by molar-refractivity contribution is 7.98. The molecule has 2 nitrogen and oxygen atoms in total. The van der Waals surface area contributed by atoms with Crippen LogP contribution in [0.4, 0.5) is 0 Å². The summed E-state index contributed by atoms with van der Waals surface area (Å²) in [5.41, 5.74) is 7.16. The molecule has 0 aliphatic rings. The van der Waals surface area contributed by atoms with Crippen molar-refractivity contribution in [2.45, 2.75) is 18.9 Å². The first-order valence-corrected chi connectivity index (χ1v) is 7.59. The van der Waals surface area contributed by atoms with Crippen LogP contribution in [0.3, 0.4) is 0 Å². The van der Waals surface area contributed by atoms with E-state index in [-0.39, 0.29) is 6.04 Å². The molecule has 2 N–H and O–H groups in total. The van der Waals surface area contributed by atoms with Crippen LogP contribution in [0.15, 0.2) is 24.3 Å². The molecule has 1 aromatic carbocycles. The number of fused-ring (bicyclic) bond motifs is 1. The Bertz CT molecular complexity index is 420. The van der Waals surface area contributed by atoms with Gasteiger partial charge in [-0.15, -0.1) is 11.3 Å². The van der Waals surface area contributed by atoms with Gasteiger partial charge >= 0.3 is 0 Å². The summed E-state index contributed by atoms with van der Waals surface area (Å²) in [5, 5.41) is 1.16. The van der Waals surface area contributed by atoms with Gasteiger partial charge in [0.05, 0.1) is 15.2 Å². The molecular weight excluding hydrogens is 236 g/mol. The molecule has 1 heterocycles. The molecule has 1 unspecified atom stereocenters. The zero-order chi connectivity index (χ0) is 11.4. The van der Waals surface area contributed by atoms with Crippen LogP contribution in [-0.2, 0) is 6.42 Å². The van der Waals surface area contributed by atoms with Gasteiger partial charge < -0.3 is 5.73 Å². The van der Waals surface area contributed by atoms with Crippen LogP contribution in [0.5, 0.6) is 0 Å². The third kappa shape index (κ3) is 2.97. The smallest absolute Gasteiger partial charge is 0.0954 e. The van der Waals surface area contributed by atoms with Crippen molar-refractivity contribution in [3.63, 3.8) is 0 Å². The van der Waals surface area contributed by atoms with Crippen LogP contribution in [0.2, 0.25) is 0 Å². The Labute approximate surface area is 104 Å². The predicted molar refractivity (Wildman–Crippen MR) is 74.3 cm³/mol. The van der Waals surface area contributed by atoms with E-state index in [2.05, 4.69) is 29.4 Å². The number of para-hydroxylation sites is 1. The summed E-state index contributed by atoms with van der Waals surface area (Å²) in [5.74, 6) is 1.13. The highest BCUT2D eigenvalue weighted by Crippen LogP contribution is 2.22. The van der Waals surface area contributed by atoms with E-state index < -0.39 is 0 Å². The Kier molecular flexibility index (Phi) is 4.21. The monoisotopic (exact) mass is 252 g/mol. The normalized spacial score (nSPS) is 13.1. The maximum atomic E-state index is 6.07. The first-order valence-electron chi connectivity index (χ1n) is 5.38. The number of hydrogen-bond acceptors (Lipinski definition) is 4. The Morgan fingerprint density at radius 3 is 3.00 bits per heavy atom. The zero-order valence-corrected chi connectivity index (χ0v) is 11.0. The molecule has 0 saturated carbocycles. The van der Waals surface area contributed by atoms with Gasteiger partial charge in [0.2, 0.25) is 0 Å². The van der Waals surface area contributed by atoms with Gasteiger partial charge in [-0.3, -0.25) is 0 Å². The summed E-state index contributed by atoms with van der Waals surface area (Å²) >= 11 is 3.61. The van der Waals surface area contributed by atoms with E-state index in [1.54, 1.807) is 11.3 Å². The number of benzene rings is 1. The first kappa shape index (κ1) is 11.9. The van der Waals surface area contributed by atoms with Crippen LogP contribution in [0.25, 0.3) is 10.2 Å². The quantitative estimate of drug-likeness (QED) is 0.889. The fourth-order valence-corrected chi connectivity index (χ4v) is 3.20. The van der Waals surface area contributed by atoms with E-state index in [1.165, 1.54) is 4.70 Å². The zero-order valence-electron chi connectivity index (χ0n) is 9.35. The van der Waals surface area contributed by atoms with Crippen molar-refractivity contribution >= 4 is 33.3 Å². The van der Waals surface area contributed by atoms with Crippen molar-refractivity contribution < 1.29 is 0 Å². The van der Waals surface area contributed by atoms with Crippen LogP contribution in [-0.4, -0.2) is 23.0 Å².